The van der Waals surface area contributed by atoms with Crippen LogP contribution < -0.4 is 9.64 Å². The van der Waals surface area contributed by atoms with E-state index >= 15 is 0 Å². The second-order valence-electron chi connectivity index (χ2n) is 6.26. The zero-order valence-corrected chi connectivity index (χ0v) is 16.3. The van der Waals surface area contributed by atoms with Gasteiger partial charge < -0.3 is 9.64 Å². The largest absolute Gasteiger partial charge is 0.492 e. The van der Waals surface area contributed by atoms with Crippen molar-refractivity contribution in [2.24, 2.45) is 0 Å². The van der Waals surface area contributed by atoms with Crippen LogP contribution in [0.2, 0.25) is 0 Å². The van der Waals surface area contributed by atoms with Gasteiger partial charge in [-0.3, -0.25) is 14.5 Å². The van der Waals surface area contributed by atoms with E-state index in [1.807, 2.05) is 61.3 Å². The van der Waals surface area contributed by atoms with E-state index in [1.165, 1.54) is 4.90 Å². The molecule has 0 saturated carbocycles. The van der Waals surface area contributed by atoms with Crippen LogP contribution in [0.1, 0.15) is 12.5 Å². The van der Waals surface area contributed by atoms with E-state index in [0.29, 0.717) is 19.6 Å². The van der Waals surface area contributed by atoms with Crippen LogP contribution in [0.4, 0.5) is 10.6 Å². The molecule has 142 valence electrons. The van der Waals surface area contributed by atoms with Crippen molar-refractivity contribution < 1.29 is 14.3 Å². The molecule has 0 N–H and O–H groups in total. The van der Waals surface area contributed by atoms with E-state index in [0.717, 1.165) is 35.4 Å². The molecule has 0 aliphatic carbocycles. The van der Waals surface area contributed by atoms with Gasteiger partial charge in [0.2, 0.25) is 5.91 Å². The molecule has 27 heavy (non-hydrogen) atoms. The molecule has 1 fully saturated rings. The summed E-state index contributed by atoms with van der Waals surface area (Å²) in [6.07, 6.45) is 2.32. The number of hydrogen-bond donors (Lipinski definition) is 0. The van der Waals surface area contributed by atoms with Crippen LogP contribution in [0.5, 0.6) is 5.75 Å². The molecule has 2 amide bonds. The summed E-state index contributed by atoms with van der Waals surface area (Å²) in [7, 11) is 1.98. The van der Waals surface area contributed by atoms with E-state index in [4.69, 9.17) is 4.74 Å². The van der Waals surface area contributed by atoms with Crippen LogP contribution in [-0.2, 0) is 11.2 Å². The van der Waals surface area contributed by atoms with Gasteiger partial charge in [-0.05, 0) is 43.2 Å². The van der Waals surface area contributed by atoms with Gasteiger partial charge in [0.25, 0.3) is 5.24 Å². The third-order valence-corrected chi connectivity index (χ3v) is 5.48. The van der Waals surface area contributed by atoms with Crippen molar-refractivity contribution >= 4 is 28.7 Å². The van der Waals surface area contributed by atoms with Crippen molar-refractivity contribution in [2.45, 2.75) is 18.6 Å². The van der Waals surface area contributed by atoms with Gasteiger partial charge in [-0.2, -0.15) is 0 Å². The number of amides is 2. The van der Waals surface area contributed by atoms with E-state index in [1.54, 1.807) is 6.20 Å². The fourth-order valence-electron chi connectivity index (χ4n) is 2.84. The molecular weight excluding hydrogens is 362 g/mol. The summed E-state index contributed by atoms with van der Waals surface area (Å²) in [6.45, 7) is 3.52. The van der Waals surface area contributed by atoms with Crippen LogP contribution in [0, 0.1) is 0 Å². The van der Waals surface area contributed by atoms with Gasteiger partial charge in [0.05, 0.1) is 11.8 Å². The molecule has 2 aromatic rings. The first-order chi connectivity index (χ1) is 13.1. The number of carbonyl (C=O) groups excluding carboxylic acids is 2. The summed E-state index contributed by atoms with van der Waals surface area (Å²) >= 11 is 1.12. The normalized spacial score (nSPS) is 16.7. The predicted molar refractivity (Wildman–Crippen MR) is 107 cm³/mol. The van der Waals surface area contributed by atoms with Gasteiger partial charge in [0, 0.05) is 19.8 Å². The van der Waals surface area contributed by atoms with Crippen LogP contribution >= 0.6 is 11.8 Å². The fraction of sp³-hybridized carbons (Fsp3) is 0.350. The van der Waals surface area contributed by atoms with Crippen molar-refractivity contribution in [3.63, 3.8) is 0 Å². The Labute approximate surface area is 163 Å². The highest BCUT2D eigenvalue weighted by molar-refractivity contribution is 8.15. The van der Waals surface area contributed by atoms with Crippen molar-refractivity contribution in [3.05, 3.63) is 54.2 Å². The minimum Gasteiger partial charge on any atom is -0.492 e. The maximum atomic E-state index is 12.2. The fourth-order valence-corrected chi connectivity index (χ4v) is 3.94. The van der Waals surface area contributed by atoms with Gasteiger partial charge in [-0.15, -0.1) is 0 Å². The molecule has 1 unspecified atom stereocenters. The first-order valence-corrected chi connectivity index (χ1v) is 9.82. The lowest BCUT2D eigenvalue weighted by atomic mass is 10.1. The minimum absolute atomic E-state index is 0.0922. The number of anilines is 1. The lowest BCUT2D eigenvalue weighted by Crippen LogP contribution is -2.31. The number of benzene rings is 1. The Hall–Kier alpha value is -2.54. The summed E-state index contributed by atoms with van der Waals surface area (Å²) in [6, 6.07) is 13.5. The second kappa shape index (κ2) is 8.90. The molecule has 2 heterocycles. The summed E-state index contributed by atoms with van der Waals surface area (Å²) in [5.74, 6) is 1.60. The molecule has 1 aliphatic heterocycles. The lowest BCUT2D eigenvalue weighted by molar-refractivity contribution is -0.126. The Balaban J connectivity index is 1.48. The first kappa shape index (κ1) is 19.2. The highest BCUT2D eigenvalue weighted by Gasteiger charge is 2.38. The van der Waals surface area contributed by atoms with Crippen LogP contribution in [0.15, 0.2) is 48.7 Å². The van der Waals surface area contributed by atoms with Crippen molar-refractivity contribution in [2.75, 3.05) is 31.6 Å². The maximum absolute atomic E-state index is 12.2. The van der Waals surface area contributed by atoms with Crippen molar-refractivity contribution in [3.8, 4) is 5.75 Å². The number of aromatic nitrogens is 1. The Kier molecular flexibility index (Phi) is 6.34. The average molecular weight is 385 g/mol. The van der Waals surface area contributed by atoms with Gasteiger partial charge in [0.15, 0.2) is 0 Å². The molecule has 7 heteroatoms. The number of rotatable bonds is 8. The van der Waals surface area contributed by atoms with E-state index in [-0.39, 0.29) is 16.4 Å². The molecule has 0 radical (unpaired) electrons. The molecule has 1 atom stereocenters. The number of likely N-dealkylation sites (N-methyl/N-ethyl adjacent to an activating group) is 1. The lowest BCUT2D eigenvalue weighted by Gasteiger charge is -2.18. The Morgan fingerprint density at radius 3 is 2.59 bits per heavy atom. The third kappa shape index (κ3) is 4.80. The monoisotopic (exact) mass is 385 g/mol. The molecule has 0 bridgehead atoms. The van der Waals surface area contributed by atoms with Gasteiger partial charge in [-0.1, -0.05) is 30.0 Å². The maximum Gasteiger partial charge on any atom is 0.289 e. The Morgan fingerprint density at radius 1 is 1.19 bits per heavy atom. The third-order valence-electron chi connectivity index (χ3n) is 4.40. The highest BCUT2D eigenvalue weighted by Crippen LogP contribution is 2.29. The quantitative estimate of drug-likeness (QED) is 0.695. The first-order valence-electron chi connectivity index (χ1n) is 8.94. The summed E-state index contributed by atoms with van der Waals surface area (Å²) in [4.78, 5) is 31.6. The molecule has 1 aliphatic rings. The van der Waals surface area contributed by atoms with Crippen molar-refractivity contribution in [1.82, 2.24) is 9.88 Å². The smallest absolute Gasteiger partial charge is 0.289 e. The number of pyridine rings is 1. The second-order valence-corrected chi connectivity index (χ2v) is 7.41. The molecular formula is C20H23N3O3S. The standard InChI is InChI=1S/C20H23N3O3S/c1-3-23-19(24)17(27-20(23)25)14-15-7-9-16(10-8-15)26-13-12-22(2)18-6-4-5-11-21-18/h4-11,17H,3,12-14H2,1-2H3. The van der Waals surface area contributed by atoms with E-state index < -0.39 is 0 Å². The van der Waals surface area contributed by atoms with E-state index in [2.05, 4.69) is 4.98 Å². The van der Waals surface area contributed by atoms with Crippen LogP contribution in [0.3, 0.4) is 0 Å². The molecule has 0 spiro atoms. The highest BCUT2D eigenvalue weighted by atomic mass is 32.2. The number of imide groups is 1. The zero-order valence-electron chi connectivity index (χ0n) is 15.5. The molecule has 1 aromatic carbocycles. The zero-order chi connectivity index (χ0) is 19.2. The molecule has 1 saturated heterocycles. The van der Waals surface area contributed by atoms with Crippen LogP contribution in [-0.4, -0.2) is 53.0 Å². The SMILES string of the molecule is CCN1C(=O)SC(Cc2ccc(OCCN(C)c3ccccn3)cc2)C1=O. The predicted octanol–water partition coefficient (Wildman–Crippen LogP) is 3.22. The van der Waals surface area contributed by atoms with Crippen molar-refractivity contribution in [1.29, 1.82) is 0 Å². The van der Waals surface area contributed by atoms with Crippen LogP contribution in [0.25, 0.3) is 0 Å². The summed E-state index contributed by atoms with van der Waals surface area (Å²) in [5.41, 5.74) is 1.02. The number of hydrogen-bond acceptors (Lipinski definition) is 6. The minimum atomic E-state index is -0.323. The van der Waals surface area contributed by atoms with E-state index in [9.17, 15) is 9.59 Å². The molecule has 3 rings (SSSR count). The van der Waals surface area contributed by atoms with Gasteiger partial charge in [-0.25, -0.2) is 4.98 Å². The number of ether oxygens (including phenoxy) is 1. The summed E-state index contributed by atoms with van der Waals surface area (Å²) in [5, 5.41) is -0.472. The van der Waals surface area contributed by atoms with Gasteiger partial charge >= 0.3 is 0 Å². The number of carbonyl (C=O) groups is 2. The molecule has 6 nitrogen and oxygen atoms in total. The Morgan fingerprint density at radius 2 is 1.96 bits per heavy atom. The average Bonchev–Trinajstić information content (AvgIpc) is 2.96. The van der Waals surface area contributed by atoms with Gasteiger partial charge in [0.1, 0.15) is 18.2 Å². The topological polar surface area (TPSA) is 62.7 Å². The summed E-state index contributed by atoms with van der Waals surface area (Å²) < 4.78 is 5.79. The number of thioether (sulfide) groups is 1. The molecule has 1 aromatic heterocycles. The number of nitrogens with zero attached hydrogens (tertiary/aromatic N) is 3. The Bertz CT molecular complexity index is 783.